The molecule has 84 valence electrons. The highest BCUT2D eigenvalue weighted by Crippen LogP contribution is 2.27. The van der Waals surface area contributed by atoms with E-state index in [1.807, 2.05) is 31.4 Å². The molecule has 0 aliphatic rings. The maximum atomic E-state index is 6.07. The Morgan fingerprint density at radius 3 is 2.80 bits per heavy atom. The zero-order chi connectivity index (χ0) is 11.3. The minimum atomic E-state index is 0.00254. The van der Waals surface area contributed by atoms with E-state index in [0.717, 1.165) is 17.1 Å². The molecule has 1 aromatic carbocycles. The van der Waals surface area contributed by atoms with Gasteiger partial charge in [0, 0.05) is 11.8 Å². The van der Waals surface area contributed by atoms with Crippen LogP contribution < -0.4 is 10.5 Å². The Labute approximate surface area is 100 Å². The summed E-state index contributed by atoms with van der Waals surface area (Å²) in [5, 5.41) is 0.630. The number of halogens is 1. The third kappa shape index (κ3) is 3.93. The molecule has 0 fully saturated rings. The number of hydrogen-bond donors (Lipinski definition) is 1. The van der Waals surface area contributed by atoms with Crippen LogP contribution in [0.1, 0.15) is 18.5 Å². The Hall–Kier alpha value is -0.380. The Balaban J connectivity index is 2.66. The lowest BCUT2D eigenvalue weighted by atomic mass is 10.1. The van der Waals surface area contributed by atoms with Crippen molar-refractivity contribution in [3.8, 4) is 5.75 Å². The molecule has 0 saturated carbocycles. The van der Waals surface area contributed by atoms with Gasteiger partial charge in [-0.1, -0.05) is 17.7 Å². The van der Waals surface area contributed by atoms with Crippen LogP contribution in [0, 0.1) is 0 Å². The van der Waals surface area contributed by atoms with Gasteiger partial charge in [0.05, 0.1) is 11.6 Å². The highest BCUT2D eigenvalue weighted by Gasteiger charge is 2.05. The fourth-order valence-electron chi connectivity index (χ4n) is 1.15. The zero-order valence-corrected chi connectivity index (χ0v) is 10.6. The molecule has 0 aliphatic carbocycles. The molecule has 0 heterocycles. The maximum absolute atomic E-state index is 6.07. The zero-order valence-electron chi connectivity index (χ0n) is 9.00. The molecule has 0 radical (unpaired) electrons. The molecular weight excluding hydrogens is 230 g/mol. The van der Waals surface area contributed by atoms with Crippen LogP contribution in [0.2, 0.25) is 5.02 Å². The fraction of sp³-hybridized carbons (Fsp3) is 0.455. The first-order valence-corrected chi connectivity index (χ1v) is 6.59. The molecule has 15 heavy (non-hydrogen) atoms. The minimum Gasteiger partial charge on any atom is -0.491 e. The molecule has 4 heteroatoms. The molecule has 2 nitrogen and oxygen atoms in total. The summed E-state index contributed by atoms with van der Waals surface area (Å²) in [4.78, 5) is 0. The summed E-state index contributed by atoms with van der Waals surface area (Å²) in [6.45, 7) is 2.61. The van der Waals surface area contributed by atoms with Crippen LogP contribution in [0.3, 0.4) is 0 Å². The predicted octanol–water partition coefficient (Wildman–Crippen LogP) is 3.10. The topological polar surface area (TPSA) is 35.2 Å². The van der Waals surface area contributed by atoms with Crippen LogP contribution in [0.4, 0.5) is 0 Å². The lowest BCUT2D eigenvalue weighted by molar-refractivity contribution is 0.344. The van der Waals surface area contributed by atoms with Crippen molar-refractivity contribution in [1.82, 2.24) is 0 Å². The number of ether oxygens (including phenoxy) is 1. The van der Waals surface area contributed by atoms with Gasteiger partial charge >= 0.3 is 0 Å². The van der Waals surface area contributed by atoms with E-state index in [9.17, 15) is 0 Å². The third-order valence-electron chi connectivity index (χ3n) is 2.03. The van der Waals surface area contributed by atoms with Crippen LogP contribution in [0.15, 0.2) is 18.2 Å². The summed E-state index contributed by atoms with van der Waals surface area (Å²) < 4.78 is 5.52. The number of benzene rings is 1. The Morgan fingerprint density at radius 1 is 1.53 bits per heavy atom. The van der Waals surface area contributed by atoms with Crippen molar-refractivity contribution >= 4 is 23.4 Å². The molecule has 0 aliphatic heterocycles. The number of rotatable bonds is 5. The van der Waals surface area contributed by atoms with Gasteiger partial charge in [-0.3, -0.25) is 0 Å². The second kappa shape index (κ2) is 6.26. The average molecular weight is 246 g/mol. The van der Waals surface area contributed by atoms with Crippen molar-refractivity contribution in [2.45, 2.75) is 13.0 Å². The summed E-state index contributed by atoms with van der Waals surface area (Å²) in [7, 11) is 0. The van der Waals surface area contributed by atoms with Gasteiger partial charge in [0.1, 0.15) is 5.75 Å². The monoisotopic (exact) mass is 245 g/mol. The lowest BCUT2D eigenvalue weighted by Crippen LogP contribution is -2.05. The summed E-state index contributed by atoms with van der Waals surface area (Å²) in [5.41, 5.74) is 6.78. The molecule has 0 saturated heterocycles. The fourth-order valence-corrected chi connectivity index (χ4v) is 1.65. The number of nitrogens with two attached hydrogens (primary N) is 1. The van der Waals surface area contributed by atoms with Crippen LogP contribution in [-0.4, -0.2) is 18.6 Å². The van der Waals surface area contributed by atoms with Crippen LogP contribution in [-0.2, 0) is 0 Å². The Morgan fingerprint density at radius 2 is 2.27 bits per heavy atom. The lowest BCUT2D eigenvalue weighted by Gasteiger charge is -2.10. The molecule has 0 spiro atoms. The molecule has 1 aromatic rings. The Bertz CT molecular complexity index is 317. The smallest absolute Gasteiger partial charge is 0.137 e. The summed E-state index contributed by atoms with van der Waals surface area (Å²) in [6.07, 6.45) is 2.05. The van der Waals surface area contributed by atoms with Gasteiger partial charge in [-0.05, 0) is 30.9 Å². The van der Waals surface area contributed by atoms with E-state index in [-0.39, 0.29) is 6.04 Å². The van der Waals surface area contributed by atoms with E-state index in [4.69, 9.17) is 22.1 Å². The van der Waals surface area contributed by atoms with Crippen LogP contribution >= 0.6 is 23.4 Å². The van der Waals surface area contributed by atoms with Gasteiger partial charge in [0.25, 0.3) is 0 Å². The molecule has 0 bridgehead atoms. The average Bonchev–Trinajstić information content (AvgIpc) is 2.20. The molecule has 0 amide bonds. The van der Waals surface area contributed by atoms with Crippen molar-refractivity contribution in [2.75, 3.05) is 18.6 Å². The molecule has 1 atom stereocenters. The quantitative estimate of drug-likeness (QED) is 0.810. The first kappa shape index (κ1) is 12.7. The second-order valence-electron chi connectivity index (χ2n) is 3.32. The summed E-state index contributed by atoms with van der Waals surface area (Å²) in [6, 6.07) is 5.69. The van der Waals surface area contributed by atoms with Gasteiger partial charge in [0.2, 0.25) is 0 Å². The standard InChI is InChI=1S/C11H16ClNOS/c1-8(13)9-3-4-11(10(12)7-9)14-5-6-15-2/h3-4,7-8H,5-6,13H2,1-2H3. The molecule has 1 rings (SSSR count). The highest BCUT2D eigenvalue weighted by molar-refractivity contribution is 7.98. The van der Waals surface area contributed by atoms with Crippen molar-refractivity contribution < 1.29 is 4.74 Å². The van der Waals surface area contributed by atoms with E-state index in [1.165, 1.54) is 0 Å². The van der Waals surface area contributed by atoms with Gasteiger partial charge in [-0.15, -0.1) is 0 Å². The van der Waals surface area contributed by atoms with Crippen LogP contribution in [0.25, 0.3) is 0 Å². The number of thioether (sulfide) groups is 1. The van der Waals surface area contributed by atoms with E-state index in [2.05, 4.69) is 0 Å². The van der Waals surface area contributed by atoms with Crippen molar-refractivity contribution in [1.29, 1.82) is 0 Å². The largest absolute Gasteiger partial charge is 0.491 e. The molecule has 0 aromatic heterocycles. The molecule has 1 unspecified atom stereocenters. The van der Waals surface area contributed by atoms with E-state index < -0.39 is 0 Å². The Kier molecular flexibility index (Phi) is 5.29. The SMILES string of the molecule is CSCCOc1ccc(C(C)N)cc1Cl. The van der Waals surface area contributed by atoms with Crippen molar-refractivity contribution in [2.24, 2.45) is 5.73 Å². The highest BCUT2D eigenvalue weighted by atomic mass is 35.5. The molecular formula is C11H16ClNOS. The van der Waals surface area contributed by atoms with Gasteiger partial charge in [0.15, 0.2) is 0 Å². The minimum absolute atomic E-state index is 0.00254. The van der Waals surface area contributed by atoms with E-state index in [0.29, 0.717) is 11.6 Å². The maximum Gasteiger partial charge on any atom is 0.137 e. The van der Waals surface area contributed by atoms with Crippen molar-refractivity contribution in [3.05, 3.63) is 28.8 Å². The molecule has 2 N–H and O–H groups in total. The normalized spacial score (nSPS) is 12.5. The predicted molar refractivity (Wildman–Crippen MR) is 67.9 cm³/mol. The van der Waals surface area contributed by atoms with Crippen molar-refractivity contribution in [3.63, 3.8) is 0 Å². The third-order valence-corrected chi connectivity index (χ3v) is 2.90. The number of hydrogen-bond acceptors (Lipinski definition) is 3. The first-order chi connectivity index (χ1) is 7.15. The second-order valence-corrected chi connectivity index (χ2v) is 4.71. The van der Waals surface area contributed by atoms with Gasteiger partial charge in [-0.2, -0.15) is 11.8 Å². The summed E-state index contributed by atoms with van der Waals surface area (Å²) >= 11 is 7.81. The van der Waals surface area contributed by atoms with Gasteiger partial charge < -0.3 is 10.5 Å². The van der Waals surface area contributed by atoms with Crippen LogP contribution in [0.5, 0.6) is 5.75 Å². The summed E-state index contributed by atoms with van der Waals surface area (Å²) in [5.74, 6) is 1.70. The first-order valence-electron chi connectivity index (χ1n) is 4.82. The van der Waals surface area contributed by atoms with E-state index in [1.54, 1.807) is 11.8 Å². The van der Waals surface area contributed by atoms with E-state index >= 15 is 0 Å². The van der Waals surface area contributed by atoms with Gasteiger partial charge in [-0.25, -0.2) is 0 Å².